The summed E-state index contributed by atoms with van der Waals surface area (Å²) in [6.07, 6.45) is 23.5. The van der Waals surface area contributed by atoms with Crippen molar-refractivity contribution in [2.45, 2.75) is 96.8 Å². The summed E-state index contributed by atoms with van der Waals surface area (Å²) < 4.78 is 0. The Hall–Kier alpha value is 1.16. The van der Waals surface area contributed by atoms with Crippen LogP contribution in [-0.2, 0) is 0 Å². The van der Waals surface area contributed by atoms with E-state index < -0.39 is 0 Å². The minimum atomic E-state index is 1.37. The summed E-state index contributed by atoms with van der Waals surface area (Å²) in [6, 6.07) is 0. The van der Waals surface area contributed by atoms with E-state index in [-0.39, 0.29) is 0 Å². The Bertz CT molecular complexity index is 123. The molecule has 18 heavy (non-hydrogen) atoms. The molecule has 0 spiro atoms. The van der Waals surface area contributed by atoms with Gasteiger partial charge in [-0.2, -0.15) is 0 Å². The van der Waals surface area contributed by atoms with Crippen molar-refractivity contribution in [3.8, 4) is 0 Å². The van der Waals surface area contributed by atoms with Gasteiger partial charge in [0.15, 0.2) is 0 Å². The van der Waals surface area contributed by atoms with Gasteiger partial charge in [0.1, 0.15) is 0 Å². The summed E-state index contributed by atoms with van der Waals surface area (Å²) in [5.74, 6) is 0. The Morgan fingerprint density at radius 3 is 1.22 bits per heavy atom. The van der Waals surface area contributed by atoms with Crippen LogP contribution in [0.4, 0.5) is 0 Å². The summed E-state index contributed by atoms with van der Waals surface area (Å²) >= 11 is 2.46. The molecule has 0 saturated heterocycles. The van der Waals surface area contributed by atoms with Gasteiger partial charge in [0.05, 0.1) is 0 Å². The van der Waals surface area contributed by atoms with Gasteiger partial charge in [-0.05, 0) is 40.8 Å². The predicted molar refractivity (Wildman–Crippen MR) is 96.1 cm³/mol. The van der Waals surface area contributed by atoms with E-state index in [4.69, 9.17) is 0 Å². The van der Waals surface area contributed by atoms with Crippen LogP contribution in [0.1, 0.15) is 96.8 Å². The molecular formula is C16H33IP. The zero-order valence-corrected chi connectivity index (χ0v) is 15.5. The minimum absolute atomic E-state index is 1.37. The topological polar surface area (TPSA) is 0 Å². The normalized spacial score (nSPS) is 11.7. The fourth-order valence-corrected chi connectivity index (χ4v) is 3.73. The van der Waals surface area contributed by atoms with Crippen LogP contribution in [0, 0.1) is 0 Å². The molecule has 0 atom stereocenters. The Morgan fingerprint density at radius 2 is 0.889 bits per heavy atom. The number of rotatable bonds is 15. The van der Waals surface area contributed by atoms with Gasteiger partial charge in [0, 0.05) is 0 Å². The van der Waals surface area contributed by atoms with Gasteiger partial charge in [-0.15, -0.1) is 0 Å². The highest BCUT2D eigenvalue weighted by molar-refractivity contribution is 14.2. The lowest BCUT2D eigenvalue weighted by molar-refractivity contribution is 0.538. The molecule has 0 unspecified atom stereocenters. The lowest BCUT2D eigenvalue weighted by Crippen LogP contribution is -1.83. The van der Waals surface area contributed by atoms with E-state index in [9.17, 15) is 0 Å². The Balaban J connectivity index is 2.86. The Morgan fingerprint density at radius 1 is 0.556 bits per heavy atom. The number of hydrogen-bond acceptors (Lipinski definition) is 0. The van der Waals surface area contributed by atoms with E-state index in [2.05, 4.69) is 29.0 Å². The molecule has 1 radical (unpaired) electrons. The van der Waals surface area contributed by atoms with E-state index in [1.165, 1.54) is 96.1 Å². The Kier molecular flexibility index (Phi) is 19.3. The largest absolute Gasteiger partial charge is 0.0654 e. The highest BCUT2D eigenvalue weighted by atomic mass is 127. The molecule has 109 valence electrons. The molecule has 0 heterocycles. The fraction of sp³-hybridized carbons (Fsp3) is 1.00. The van der Waals surface area contributed by atoms with Crippen molar-refractivity contribution in [1.82, 2.24) is 0 Å². The zero-order valence-electron chi connectivity index (χ0n) is 12.4. The molecule has 0 amide bonds. The molecule has 0 fully saturated rings. The van der Waals surface area contributed by atoms with Gasteiger partial charge in [-0.3, -0.25) is 0 Å². The van der Waals surface area contributed by atoms with Crippen molar-refractivity contribution in [3.05, 3.63) is 0 Å². The predicted octanol–water partition coefficient (Wildman–Crippen LogP) is 7.76. The molecule has 0 saturated carbocycles. The second kappa shape index (κ2) is 18.2. The van der Waals surface area contributed by atoms with Crippen LogP contribution in [-0.4, -0.2) is 6.16 Å². The van der Waals surface area contributed by atoms with Crippen molar-refractivity contribution < 1.29 is 0 Å². The van der Waals surface area contributed by atoms with Gasteiger partial charge in [-0.25, -0.2) is 0 Å². The van der Waals surface area contributed by atoms with Crippen LogP contribution in [0.2, 0.25) is 0 Å². The molecule has 0 N–H and O–H groups in total. The molecule has 0 rings (SSSR count). The maximum absolute atomic E-state index is 2.46. The molecule has 2 heteroatoms. The van der Waals surface area contributed by atoms with E-state index >= 15 is 0 Å². The maximum atomic E-state index is 2.46. The molecule has 0 bridgehead atoms. The standard InChI is InChI=1S/C16H33IP/c1-2-3-4-5-6-7-8-9-10-11-12-13-14-15-16-18-17/h2-16H2,1H3. The SMILES string of the molecule is CCCCCCCCCCCCCCCC[P]I. The number of hydrogen-bond donors (Lipinski definition) is 0. The van der Waals surface area contributed by atoms with E-state index in [0.717, 1.165) is 0 Å². The monoisotopic (exact) mass is 383 g/mol. The summed E-state index contributed by atoms with van der Waals surface area (Å²) in [6.45, 7) is 2.29. The molecular weight excluding hydrogens is 350 g/mol. The van der Waals surface area contributed by atoms with Crippen molar-refractivity contribution in [2.24, 2.45) is 0 Å². The van der Waals surface area contributed by atoms with E-state index in [1.54, 1.807) is 6.22 Å². The molecule has 0 aromatic rings. The first-order valence-electron chi connectivity index (χ1n) is 8.19. The van der Waals surface area contributed by atoms with E-state index in [1.807, 2.05) is 0 Å². The van der Waals surface area contributed by atoms with Crippen molar-refractivity contribution in [1.29, 1.82) is 0 Å². The summed E-state index contributed by atoms with van der Waals surface area (Å²) in [5, 5.41) is 0. The van der Waals surface area contributed by atoms with Gasteiger partial charge < -0.3 is 0 Å². The van der Waals surface area contributed by atoms with Crippen molar-refractivity contribution in [2.75, 3.05) is 6.16 Å². The van der Waals surface area contributed by atoms with Crippen LogP contribution in [0.25, 0.3) is 0 Å². The lowest BCUT2D eigenvalue weighted by atomic mass is 10.0. The number of unbranched alkanes of at least 4 members (excludes halogenated alkanes) is 13. The quantitative estimate of drug-likeness (QED) is 0.154. The first kappa shape index (κ1) is 19.2. The molecule has 0 aromatic heterocycles. The molecule has 0 aliphatic carbocycles. The molecule has 0 aliphatic rings. The molecule has 0 aliphatic heterocycles. The third-order valence-electron chi connectivity index (χ3n) is 3.60. The van der Waals surface area contributed by atoms with Crippen LogP contribution in [0.5, 0.6) is 0 Å². The van der Waals surface area contributed by atoms with Crippen molar-refractivity contribution >= 4 is 28.3 Å². The number of halogens is 1. The van der Waals surface area contributed by atoms with E-state index in [0.29, 0.717) is 0 Å². The first-order chi connectivity index (χ1) is 8.91. The summed E-state index contributed by atoms with van der Waals surface area (Å²) in [4.78, 5) is 0. The summed E-state index contributed by atoms with van der Waals surface area (Å²) in [5.41, 5.74) is 0. The second-order valence-corrected chi connectivity index (χ2v) is 8.17. The average molecular weight is 383 g/mol. The van der Waals surface area contributed by atoms with Crippen LogP contribution in [0.15, 0.2) is 0 Å². The molecule has 0 nitrogen and oxygen atoms in total. The minimum Gasteiger partial charge on any atom is -0.0654 e. The first-order valence-corrected chi connectivity index (χ1v) is 12.1. The van der Waals surface area contributed by atoms with Gasteiger partial charge in [-0.1, -0.05) is 90.4 Å². The van der Waals surface area contributed by atoms with Gasteiger partial charge in [0.25, 0.3) is 0 Å². The lowest BCUT2D eigenvalue weighted by Gasteiger charge is -2.02. The summed E-state index contributed by atoms with van der Waals surface area (Å²) in [7, 11) is 0. The zero-order chi connectivity index (χ0) is 13.3. The maximum Gasteiger partial charge on any atom is -0.00509 e. The average Bonchev–Trinajstić information content (AvgIpc) is 2.39. The van der Waals surface area contributed by atoms with Gasteiger partial charge in [0.2, 0.25) is 0 Å². The van der Waals surface area contributed by atoms with Crippen LogP contribution in [0.3, 0.4) is 0 Å². The fourth-order valence-electron chi connectivity index (χ4n) is 2.37. The highest BCUT2D eigenvalue weighted by Crippen LogP contribution is 2.22. The van der Waals surface area contributed by atoms with Crippen molar-refractivity contribution in [3.63, 3.8) is 0 Å². The van der Waals surface area contributed by atoms with Crippen LogP contribution < -0.4 is 0 Å². The third-order valence-corrected chi connectivity index (χ3v) is 5.53. The third kappa shape index (κ3) is 17.2. The smallest absolute Gasteiger partial charge is 0.00509 e. The van der Waals surface area contributed by atoms with Gasteiger partial charge >= 0.3 is 0 Å². The molecule has 0 aromatic carbocycles. The Labute approximate surface area is 131 Å². The second-order valence-electron chi connectivity index (χ2n) is 5.44. The van der Waals surface area contributed by atoms with Crippen LogP contribution >= 0.6 is 28.3 Å². The highest BCUT2D eigenvalue weighted by Gasteiger charge is 1.93.